The molecule has 0 aliphatic heterocycles. The van der Waals surface area contributed by atoms with Gasteiger partial charge in [-0.25, -0.2) is 0 Å². The van der Waals surface area contributed by atoms with E-state index in [-0.39, 0.29) is 0 Å². The zero-order chi connectivity index (χ0) is 4.50. The summed E-state index contributed by atoms with van der Waals surface area (Å²) < 4.78 is 0. The van der Waals surface area contributed by atoms with Crippen molar-refractivity contribution in [3.05, 3.63) is 0 Å². The molecular weight excluding hydrogens is 99.0 g/mol. The van der Waals surface area contributed by atoms with Crippen molar-refractivity contribution in [2.75, 3.05) is 0 Å². The van der Waals surface area contributed by atoms with Crippen molar-refractivity contribution in [3.8, 4) is 0 Å². The van der Waals surface area contributed by atoms with Gasteiger partial charge in [0.2, 0.25) is 7.95 Å². The second-order valence-electron chi connectivity index (χ2n) is 1.09. The van der Waals surface area contributed by atoms with Gasteiger partial charge in [0.1, 0.15) is 7.44 Å². The van der Waals surface area contributed by atoms with Crippen LogP contribution in [0.1, 0.15) is 0 Å². The molecule has 0 bridgehead atoms. The zero-order valence-corrected chi connectivity index (χ0v) is 5.97. The molecule has 28 valence electrons. The third-order valence-corrected chi connectivity index (χ3v) is 0. The fourth-order valence-corrected chi connectivity index (χ4v) is 0. The molecule has 0 atom stereocenters. The third-order valence-electron chi connectivity index (χ3n) is 0. The van der Waals surface area contributed by atoms with Crippen molar-refractivity contribution in [3.63, 3.8) is 0 Å². The lowest BCUT2D eigenvalue weighted by Crippen LogP contribution is -2.36. The predicted molar refractivity (Wildman–Crippen MR) is 25.9 cm³/mol. The molecule has 0 aromatic rings. The van der Waals surface area contributed by atoms with Crippen molar-refractivity contribution in [2.45, 2.75) is 0 Å². The van der Waals surface area contributed by atoms with Crippen LogP contribution in [0.3, 0.4) is 0 Å². The van der Waals surface area contributed by atoms with Crippen LogP contribution in [0.15, 0.2) is 0 Å². The largest absolute Gasteiger partial charge is 0.420 e. The van der Waals surface area contributed by atoms with Crippen LogP contribution in [0.25, 0.3) is 0 Å². The van der Waals surface area contributed by atoms with E-state index in [4.69, 9.17) is 9.59 Å². The fourth-order valence-electron chi connectivity index (χ4n) is 0. The number of hydrogen-bond donors (Lipinski definition) is 2. The highest BCUT2D eigenvalue weighted by atomic mass is 29.2. The van der Waals surface area contributed by atoms with E-state index >= 15 is 0 Å². The minimum Gasteiger partial charge on any atom is -0.420 e. The van der Waals surface area contributed by atoms with E-state index in [9.17, 15) is 0 Å². The summed E-state index contributed by atoms with van der Waals surface area (Å²) >= 11 is 0. The first kappa shape index (κ1) is 5.42. The summed E-state index contributed by atoms with van der Waals surface area (Å²) in [6.45, 7) is 0. The minimum atomic E-state index is -2.97. The van der Waals surface area contributed by atoms with Gasteiger partial charge in [0, 0.05) is 0 Å². The quantitative estimate of drug-likeness (QED) is 0.320. The Kier molecular flexibility index (Phi) is 1.36. The average Bonchev–Trinajstić information content (AvgIpc) is 0.722. The van der Waals surface area contributed by atoms with Crippen molar-refractivity contribution >= 4 is 25.1 Å². The molecule has 0 heterocycles. The Morgan fingerprint density at radius 3 is 1.60 bits per heavy atom. The van der Waals surface area contributed by atoms with E-state index < -0.39 is 7.95 Å². The van der Waals surface area contributed by atoms with Crippen LogP contribution in [0.4, 0.5) is 0 Å². The zero-order valence-electron chi connectivity index (χ0n) is 2.97. The van der Waals surface area contributed by atoms with Gasteiger partial charge in [-0.15, -0.1) is 0 Å². The second kappa shape index (κ2) is 1.25. The molecule has 0 aliphatic rings. The molecule has 5 heavy (non-hydrogen) atoms. The Balaban J connectivity index is 3.02. The lowest BCUT2D eigenvalue weighted by molar-refractivity contribution is 0.422. The van der Waals surface area contributed by atoms with Gasteiger partial charge in [0.15, 0.2) is 0 Å². The molecule has 0 fully saturated rings. The molecular formula is H5BO2Si2. The summed E-state index contributed by atoms with van der Waals surface area (Å²) in [5.41, 5.74) is 0. The molecule has 0 spiro atoms. The molecule has 2 N–H and O–H groups in total. The first-order valence-corrected chi connectivity index (χ1v) is 6.71. The van der Waals surface area contributed by atoms with E-state index in [1.165, 1.54) is 0 Å². The van der Waals surface area contributed by atoms with Gasteiger partial charge in [-0.3, -0.25) is 0 Å². The van der Waals surface area contributed by atoms with Crippen LogP contribution in [0.2, 0.25) is 0 Å². The second-order valence-corrected chi connectivity index (χ2v) is 7.70. The first-order valence-electron chi connectivity index (χ1n) is 1.24. The molecule has 0 saturated carbocycles. The van der Waals surface area contributed by atoms with Crippen LogP contribution in [-0.2, 0) is 0 Å². The third kappa shape index (κ3) is 147. The Hall–Kier alpha value is 0.419. The van der Waals surface area contributed by atoms with Gasteiger partial charge in [0.05, 0.1) is 9.76 Å². The van der Waals surface area contributed by atoms with Crippen LogP contribution in [-0.4, -0.2) is 34.7 Å². The first-order chi connectivity index (χ1) is 2.00. The smallest absolute Gasteiger partial charge is 0.240 e. The predicted octanol–water partition coefficient (Wildman–Crippen LogP) is -3.06. The van der Waals surface area contributed by atoms with E-state index in [0.717, 1.165) is 0 Å². The van der Waals surface area contributed by atoms with Crippen molar-refractivity contribution < 1.29 is 9.59 Å². The summed E-state index contributed by atoms with van der Waals surface area (Å²) in [4.78, 5) is 16.1. The van der Waals surface area contributed by atoms with Crippen molar-refractivity contribution in [1.29, 1.82) is 0 Å². The lowest BCUT2D eigenvalue weighted by atomic mass is 10.8. The van der Waals surface area contributed by atoms with Gasteiger partial charge in [-0.05, 0) is 0 Å². The van der Waals surface area contributed by atoms with Gasteiger partial charge < -0.3 is 9.59 Å². The minimum absolute atomic E-state index is 0.336. The summed E-state index contributed by atoms with van der Waals surface area (Å²) in [5.74, 6) is 0. The van der Waals surface area contributed by atoms with Crippen LogP contribution < -0.4 is 0 Å². The molecule has 0 unspecified atom stereocenters. The van der Waals surface area contributed by atoms with Crippen LogP contribution in [0.5, 0.6) is 0 Å². The van der Waals surface area contributed by atoms with E-state index in [1.54, 1.807) is 0 Å². The summed E-state index contributed by atoms with van der Waals surface area (Å²) in [6.07, 6.45) is 0. The Morgan fingerprint density at radius 1 is 1.60 bits per heavy atom. The molecule has 0 aliphatic carbocycles. The normalized spacial score (nSPS) is 12.4. The SMILES string of the molecule is [B][Si](O)(O)[SiH3]. The molecule has 2 radical (unpaired) electrons. The standard InChI is InChI=1S/BH5O2Si2/c1-5(2,3)4/h2-3H,4H3. The van der Waals surface area contributed by atoms with E-state index in [0.29, 0.717) is 9.76 Å². The summed E-state index contributed by atoms with van der Waals surface area (Å²) in [5, 5.41) is 0. The Morgan fingerprint density at radius 2 is 1.60 bits per heavy atom. The fraction of sp³-hybridized carbons (Fsp3) is 0. The van der Waals surface area contributed by atoms with E-state index in [2.05, 4.69) is 7.44 Å². The number of rotatable bonds is 0. The van der Waals surface area contributed by atoms with Gasteiger partial charge >= 0.3 is 0 Å². The summed E-state index contributed by atoms with van der Waals surface area (Å²) in [7, 11) is 2.03. The molecule has 0 saturated heterocycles. The molecule has 0 rings (SSSR count). The van der Waals surface area contributed by atoms with Gasteiger partial charge in [-0.1, -0.05) is 0 Å². The summed E-state index contributed by atoms with van der Waals surface area (Å²) in [6, 6.07) is 0. The highest BCUT2D eigenvalue weighted by Crippen LogP contribution is 1.64. The van der Waals surface area contributed by atoms with Gasteiger partial charge in [-0.2, -0.15) is 0 Å². The van der Waals surface area contributed by atoms with Crippen molar-refractivity contribution in [1.82, 2.24) is 0 Å². The van der Waals surface area contributed by atoms with Crippen LogP contribution >= 0.6 is 0 Å². The molecule has 2 nitrogen and oxygen atoms in total. The maximum Gasteiger partial charge on any atom is 0.240 e. The highest BCUT2D eigenvalue weighted by Gasteiger charge is 2.06. The highest BCUT2D eigenvalue weighted by molar-refractivity contribution is 7.33. The van der Waals surface area contributed by atoms with E-state index in [1.807, 2.05) is 0 Å². The van der Waals surface area contributed by atoms with Crippen molar-refractivity contribution in [2.24, 2.45) is 0 Å². The monoisotopic (exact) mass is 104 g/mol. The Bertz CT molecular complexity index is 23.1. The molecule has 0 aromatic heterocycles. The average molecular weight is 104 g/mol. The maximum atomic E-state index is 8.05. The maximum absolute atomic E-state index is 8.05. The van der Waals surface area contributed by atoms with Crippen LogP contribution in [0, 0.1) is 0 Å². The molecule has 0 aromatic carbocycles. The lowest BCUT2D eigenvalue weighted by Gasteiger charge is -1.99. The topological polar surface area (TPSA) is 40.5 Å². The molecule has 0 amide bonds. The molecule has 5 heteroatoms. The Labute approximate surface area is 35.6 Å². The number of hydrogen-bond acceptors (Lipinski definition) is 2. The van der Waals surface area contributed by atoms with Gasteiger partial charge in [0.25, 0.3) is 0 Å².